The number of nitrogens with one attached hydrogen (secondary N) is 3. The lowest BCUT2D eigenvalue weighted by molar-refractivity contribution is -0.0987. The van der Waals surface area contributed by atoms with Crippen molar-refractivity contribution in [3.8, 4) is 5.69 Å². The summed E-state index contributed by atoms with van der Waals surface area (Å²) in [4.78, 5) is 39.6. The van der Waals surface area contributed by atoms with Crippen LogP contribution in [-0.4, -0.2) is 54.2 Å². The fraction of sp³-hybridized carbons (Fsp3) is 0.348. The van der Waals surface area contributed by atoms with E-state index in [-0.39, 0.29) is 11.6 Å². The summed E-state index contributed by atoms with van der Waals surface area (Å²) in [7, 11) is 1.87. The van der Waals surface area contributed by atoms with Gasteiger partial charge in [0.2, 0.25) is 0 Å². The van der Waals surface area contributed by atoms with Crippen molar-refractivity contribution in [3.05, 3.63) is 58.3 Å². The van der Waals surface area contributed by atoms with E-state index < -0.39 is 0 Å². The van der Waals surface area contributed by atoms with E-state index in [1.54, 1.807) is 4.57 Å². The summed E-state index contributed by atoms with van der Waals surface area (Å²) in [5, 5.41) is 7.32. The number of H-pyrrole nitrogens is 1. The summed E-state index contributed by atoms with van der Waals surface area (Å²) in [6.07, 6.45) is 2.68. The number of carbonyl (C=O) groups excluding carboxylic acids is 2. The minimum Gasteiger partial charge on any atom is -0.370 e. The highest BCUT2D eigenvalue weighted by atomic mass is 16.1. The molecule has 0 atom stereocenters. The van der Waals surface area contributed by atoms with Gasteiger partial charge < -0.3 is 36.7 Å². The van der Waals surface area contributed by atoms with Crippen LogP contribution in [0, 0.1) is 0 Å². The van der Waals surface area contributed by atoms with Crippen LogP contribution in [0.15, 0.2) is 46.3 Å². The molecule has 0 spiro atoms. The van der Waals surface area contributed by atoms with E-state index in [2.05, 4.69) is 25.6 Å². The van der Waals surface area contributed by atoms with Gasteiger partial charge in [0.05, 0.1) is 5.69 Å². The summed E-state index contributed by atoms with van der Waals surface area (Å²) in [5.41, 5.74) is 13.8. The van der Waals surface area contributed by atoms with E-state index in [9.17, 15) is 4.79 Å². The molecule has 3 aromatic rings. The van der Waals surface area contributed by atoms with Gasteiger partial charge in [-0.2, -0.15) is 4.98 Å². The maximum absolute atomic E-state index is 12.4. The number of rotatable bonds is 9. The van der Waals surface area contributed by atoms with Gasteiger partial charge in [-0.1, -0.05) is 26.0 Å². The van der Waals surface area contributed by atoms with Crippen LogP contribution in [0.25, 0.3) is 16.7 Å². The van der Waals surface area contributed by atoms with Crippen molar-refractivity contribution in [2.75, 3.05) is 20.1 Å². The number of aromatic amines is 1. The third-order valence-electron chi connectivity index (χ3n) is 4.28. The summed E-state index contributed by atoms with van der Waals surface area (Å²) >= 11 is 0. The fourth-order valence-electron chi connectivity index (χ4n) is 2.94. The molecule has 1 aromatic carbocycles. The van der Waals surface area contributed by atoms with Crippen LogP contribution in [0.5, 0.6) is 0 Å². The molecule has 0 amide bonds. The maximum atomic E-state index is 12.4. The molecule has 0 saturated heterocycles. The normalized spacial score (nSPS) is 9.50. The van der Waals surface area contributed by atoms with Gasteiger partial charge in [0.1, 0.15) is 19.2 Å². The zero-order valence-electron chi connectivity index (χ0n) is 20.1. The first-order chi connectivity index (χ1) is 16.6. The molecular formula is C23H36N8O3. The van der Waals surface area contributed by atoms with E-state index in [1.165, 1.54) is 0 Å². The zero-order chi connectivity index (χ0) is 25.9. The summed E-state index contributed by atoms with van der Waals surface area (Å²) in [6.45, 7) is 10.9. The summed E-state index contributed by atoms with van der Waals surface area (Å²) in [5.74, 6) is 0.122. The Morgan fingerprint density at radius 2 is 1.76 bits per heavy atom. The molecule has 2 heterocycles. The molecule has 3 rings (SSSR count). The Balaban J connectivity index is 0.00000168. The third-order valence-corrected chi connectivity index (χ3v) is 4.28. The molecule has 0 unspecified atom stereocenters. The lowest BCUT2D eigenvalue weighted by atomic mass is 10.2. The highest BCUT2D eigenvalue weighted by Gasteiger charge is 2.07. The van der Waals surface area contributed by atoms with Gasteiger partial charge >= 0.3 is 5.69 Å². The van der Waals surface area contributed by atoms with Crippen LogP contribution in [0.2, 0.25) is 0 Å². The van der Waals surface area contributed by atoms with Gasteiger partial charge in [-0.3, -0.25) is 9.56 Å². The van der Waals surface area contributed by atoms with E-state index in [1.807, 2.05) is 71.0 Å². The maximum Gasteiger partial charge on any atom is 0.354 e. The zero-order valence-corrected chi connectivity index (χ0v) is 20.1. The monoisotopic (exact) mass is 472 g/mol. The van der Waals surface area contributed by atoms with Gasteiger partial charge in [-0.25, -0.2) is 4.79 Å². The highest BCUT2D eigenvalue weighted by molar-refractivity contribution is 5.76. The standard InChI is InChI=1S/C19H26N8O.C2H6.2CH2O/c1-22-11-15-9-14-12-27(19(28)26-17(14)25-15)16-5-3-13(4-6-16)10-23-7-2-8-24-18(20)21;3*1-2/h3-6,9,12,22-23H,2,7-8,10-11H2,1H3,(H4,20,21,24)(H,25,26,28);1-2H3;2*1H2. The second-order valence-electron chi connectivity index (χ2n) is 6.53. The van der Waals surface area contributed by atoms with E-state index in [0.29, 0.717) is 18.7 Å². The van der Waals surface area contributed by atoms with Crippen molar-refractivity contribution in [2.24, 2.45) is 16.5 Å². The molecule has 0 saturated carbocycles. The van der Waals surface area contributed by atoms with Crippen molar-refractivity contribution < 1.29 is 9.59 Å². The number of fused-ring (bicyclic) bond motifs is 1. The average Bonchev–Trinajstić information content (AvgIpc) is 3.26. The molecule has 11 nitrogen and oxygen atoms in total. The Morgan fingerprint density at radius 3 is 2.35 bits per heavy atom. The lowest BCUT2D eigenvalue weighted by Crippen LogP contribution is -2.23. The van der Waals surface area contributed by atoms with Crippen molar-refractivity contribution in [1.82, 2.24) is 25.2 Å². The Kier molecular flexibility index (Phi) is 15.7. The van der Waals surface area contributed by atoms with Gasteiger partial charge in [0.25, 0.3) is 0 Å². The molecule has 11 heteroatoms. The van der Waals surface area contributed by atoms with Gasteiger partial charge in [-0.15, -0.1) is 0 Å². The van der Waals surface area contributed by atoms with Crippen LogP contribution >= 0.6 is 0 Å². The van der Waals surface area contributed by atoms with Crippen LogP contribution in [0.3, 0.4) is 0 Å². The van der Waals surface area contributed by atoms with Crippen LogP contribution in [0.1, 0.15) is 31.5 Å². The number of hydrogen-bond donors (Lipinski definition) is 5. The van der Waals surface area contributed by atoms with Crippen LogP contribution < -0.4 is 27.8 Å². The molecule has 2 aromatic heterocycles. The second kappa shape index (κ2) is 17.7. The van der Waals surface area contributed by atoms with Crippen LogP contribution in [0.4, 0.5) is 0 Å². The summed E-state index contributed by atoms with van der Waals surface area (Å²) in [6, 6.07) is 9.84. The number of nitrogens with two attached hydrogens (primary N) is 2. The van der Waals surface area contributed by atoms with E-state index in [0.717, 1.165) is 41.8 Å². The highest BCUT2D eigenvalue weighted by Crippen LogP contribution is 2.14. The number of guanidine groups is 1. The summed E-state index contributed by atoms with van der Waals surface area (Å²) < 4.78 is 1.56. The predicted molar refractivity (Wildman–Crippen MR) is 137 cm³/mol. The molecule has 7 N–H and O–H groups in total. The quantitative estimate of drug-likeness (QED) is 0.173. The van der Waals surface area contributed by atoms with Gasteiger partial charge in [0, 0.05) is 36.9 Å². The molecule has 0 aliphatic rings. The molecular weight excluding hydrogens is 436 g/mol. The number of nitrogens with zero attached hydrogens (tertiary/aromatic N) is 3. The molecule has 0 bridgehead atoms. The molecule has 0 radical (unpaired) electrons. The Bertz CT molecular complexity index is 1040. The first kappa shape index (κ1) is 30.2. The van der Waals surface area contributed by atoms with E-state index >= 15 is 0 Å². The molecule has 34 heavy (non-hydrogen) atoms. The van der Waals surface area contributed by atoms with Gasteiger partial charge in [0.15, 0.2) is 5.96 Å². The minimum absolute atomic E-state index is 0.122. The molecule has 0 fully saturated rings. The average molecular weight is 473 g/mol. The van der Waals surface area contributed by atoms with Crippen molar-refractivity contribution in [3.63, 3.8) is 0 Å². The first-order valence-corrected chi connectivity index (χ1v) is 10.8. The molecule has 186 valence electrons. The van der Waals surface area contributed by atoms with Crippen molar-refractivity contribution >= 4 is 30.6 Å². The topological polar surface area (TPSA) is 173 Å². The SMILES string of the molecule is C=O.C=O.CC.CNCc1cc2cn(-c3ccc(CNCCCN=C(N)N)cc3)c(=O)nc2[nH]1. The third kappa shape index (κ3) is 9.76. The number of aliphatic imine (C=N–C) groups is 1. The Morgan fingerprint density at radius 1 is 1.12 bits per heavy atom. The fourth-order valence-corrected chi connectivity index (χ4v) is 2.94. The minimum atomic E-state index is -0.309. The Hall–Kier alpha value is -3.83. The van der Waals surface area contributed by atoms with E-state index in [4.69, 9.17) is 21.1 Å². The second-order valence-corrected chi connectivity index (χ2v) is 6.53. The predicted octanol–water partition coefficient (Wildman–Crippen LogP) is 0.843. The van der Waals surface area contributed by atoms with Crippen molar-refractivity contribution in [2.45, 2.75) is 33.4 Å². The lowest BCUT2D eigenvalue weighted by Gasteiger charge is -2.08. The smallest absolute Gasteiger partial charge is 0.354 e. The van der Waals surface area contributed by atoms with Crippen molar-refractivity contribution in [1.29, 1.82) is 0 Å². The number of aromatic nitrogens is 3. The largest absolute Gasteiger partial charge is 0.370 e. The first-order valence-electron chi connectivity index (χ1n) is 10.8. The number of hydrogen-bond acceptors (Lipinski definition) is 7. The van der Waals surface area contributed by atoms with Gasteiger partial charge in [-0.05, 0) is 43.8 Å². The van der Waals surface area contributed by atoms with Crippen LogP contribution in [-0.2, 0) is 22.7 Å². The number of carbonyl (C=O) groups is 2. The number of benzene rings is 1. The molecule has 0 aliphatic carbocycles. The molecule has 0 aliphatic heterocycles. The Labute approximate surface area is 199 Å².